The lowest BCUT2D eigenvalue weighted by Crippen LogP contribution is -2.46. The summed E-state index contributed by atoms with van der Waals surface area (Å²) < 4.78 is 0. The van der Waals surface area contributed by atoms with Crippen LogP contribution in [0.1, 0.15) is 40.0 Å². The van der Waals surface area contributed by atoms with Gasteiger partial charge in [0, 0.05) is 81.8 Å². The average molecular weight is 477 g/mol. The molecule has 2 aromatic rings. The maximum atomic E-state index is 13.2. The molecule has 1 aromatic carbocycles. The number of piperazine rings is 1. The van der Waals surface area contributed by atoms with E-state index < -0.39 is 0 Å². The van der Waals surface area contributed by atoms with Crippen molar-refractivity contribution in [3.05, 3.63) is 53.9 Å². The summed E-state index contributed by atoms with van der Waals surface area (Å²) in [6.07, 6.45) is 6.04. The summed E-state index contributed by atoms with van der Waals surface area (Å²) in [5.41, 5.74) is 2.53. The average Bonchev–Trinajstić information content (AvgIpc) is 3.76. The van der Waals surface area contributed by atoms with E-state index in [0.717, 1.165) is 51.1 Å². The van der Waals surface area contributed by atoms with Gasteiger partial charge in [-0.1, -0.05) is 0 Å². The summed E-state index contributed by atoms with van der Waals surface area (Å²) in [4.78, 5) is 48.8. The molecule has 3 fully saturated rings. The molecule has 0 bridgehead atoms. The highest BCUT2D eigenvalue weighted by atomic mass is 16.2. The molecular weight excluding hydrogens is 444 g/mol. The van der Waals surface area contributed by atoms with E-state index in [1.165, 1.54) is 0 Å². The summed E-state index contributed by atoms with van der Waals surface area (Å²) in [6.45, 7) is 5.75. The van der Waals surface area contributed by atoms with Gasteiger partial charge in [-0.05, 0) is 49.6 Å². The number of rotatable bonds is 5. The Balaban J connectivity index is 1.39. The second-order valence-corrected chi connectivity index (χ2v) is 9.40. The molecule has 0 spiro atoms. The predicted molar refractivity (Wildman–Crippen MR) is 134 cm³/mol. The molecular formula is C26H32N6O3. The fourth-order valence-electron chi connectivity index (χ4n) is 4.76. The molecule has 1 saturated carbocycles. The lowest BCUT2D eigenvalue weighted by atomic mass is 10.1. The number of nitrogens with zero attached hydrogens (tertiary/aromatic N) is 4. The summed E-state index contributed by atoms with van der Waals surface area (Å²) in [6, 6.07) is 8.89. The van der Waals surface area contributed by atoms with Crippen LogP contribution in [0, 0.1) is 5.92 Å². The van der Waals surface area contributed by atoms with Crippen molar-refractivity contribution < 1.29 is 14.4 Å². The van der Waals surface area contributed by atoms with Gasteiger partial charge < -0.3 is 25.3 Å². The molecule has 1 aliphatic carbocycles. The second kappa shape index (κ2) is 10.4. The lowest BCUT2D eigenvalue weighted by Gasteiger charge is -2.29. The highest BCUT2D eigenvalue weighted by molar-refractivity contribution is 6.07. The van der Waals surface area contributed by atoms with Gasteiger partial charge in [-0.2, -0.15) is 0 Å². The Labute approximate surface area is 205 Å². The molecule has 9 nitrogen and oxygen atoms in total. The van der Waals surface area contributed by atoms with Crippen LogP contribution in [0.15, 0.2) is 42.7 Å². The normalized spacial score (nSPS) is 18.7. The zero-order valence-corrected chi connectivity index (χ0v) is 19.9. The van der Waals surface area contributed by atoms with Gasteiger partial charge in [-0.25, -0.2) is 0 Å². The van der Waals surface area contributed by atoms with Crippen molar-refractivity contribution in [2.75, 3.05) is 62.6 Å². The highest BCUT2D eigenvalue weighted by Crippen LogP contribution is 2.33. The van der Waals surface area contributed by atoms with Crippen LogP contribution in [-0.4, -0.2) is 84.9 Å². The Morgan fingerprint density at radius 2 is 1.63 bits per heavy atom. The topological polar surface area (TPSA) is 97.9 Å². The van der Waals surface area contributed by atoms with Crippen molar-refractivity contribution >= 4 is 29.1 Å². The van der Waals surface area contributed by atoms with Crippen LogP contribution in [0.4, 0.5) is 11.4 Å². The van der Waals surface area contributed by atoms with Crippen LogP contribution >= 0.6 is 0 Å². The van der Waals surface area contributed by atoms with Gasteiger partial charge in [0.05, 0.1) is 11.4 Å². The molecule has 2 aliphatic heterocycles. The van der Waals surface area contributed by atoms with Gasteiger partial charge in [0.15, 0.2) is 0 Å². The molecule has 1 aromatic heterocycles. The third-order valence-corrected chi connectivity index (χ3v) is 6.91. The van der Waals surface area contributed by atoms with E-state index in [9.17, 15) is 14.4 Å². The maximum Gasteiger partial charge on any atom is 0.255 e. The predicted octanol–water partition coefficient (Wildman–Crippen LogP) is 1.83. The Morgan fingerprint density at radius 3 is 2.37 bits per heavy atom. The number of amides is 3. The highest BCUT2D eigenvalue weighted by Gasteiger charge is 2.34. The van der Waals surface area contributed by atoms with Gasteiger partial charge in [0.25, 0.3) is 11.8 Å². The first-order chi connectivity index (χ1) is 17.1. The number of carbonyl (C=O) groups excluding carboxylic acids is 3. The van der Waals surface area contributed by atoms with E-state index in [0.29, 0.717) is 43.0 Å². The fourth-order valence-corrected chi connectivity index (χ4v) is 4.76. The molecule has 35 heavy (non-hydrogen) atoms. The Morgan fingerprint density at radius 1 is 0.857 bits per heavy atom. The van der Waals surface area contributed by atoms with Gasteiger partial charge in [0.2, 0.25) is 5.91 Å². The van der Waals surface area contributed by atoms with Gasteiger partial charge in [-0.3, -0.25) is 19.4 Å². The van der Waals surface area contributed by atoms with Crippen LogP contribution in [0.3, 0.4) is 0 Å². The van der Waals surface area contributed by atoms with Gasteiger partial charge >= 0.3 is 0 Å². The first-order valence-corrected chi connectivity index (χ1v) is 12.5. The molecule has 3 amide bonds. The number of benzene rings is 1. The zero-order valence-electron chi connectivity index (χ0n) is 19.9. The number of aromatic nitrogens is 1. The molecule has 5 rings (SSSR count). The van der Waals surface area contributed by atoms with E-state index in [1.807, 2.05) is 21.9 Å². The van der Waals surface area contributed by atoms with Crippen molar-refractivity contribution in [3.8, 4) is 0 Å². The number of hydrogen-bond donors (Lipinski definition) is 2. The minimum Gasteiger partial charge on any atom is -0.368 e. The molecule has 2 N–H and O–H groups in total. The molecule has 0 radical (unpaired) electrons. The fraction of sp³-hybridized carbons (Fsp3) is 0.462. The minimum absolute atomic E-state index is 0.0328. The van der Waals surface area contributed by atoms with Crippen LogP contribution in [0.5, 0.6) is 0 Å². The first-order valence-electron chi connectivity index (χ1n) is 12.5. The molecule has 184 valence electrons. The third-order valence-electron chi connectivity index (χ3n) is 6.91. The Bertz CT molecular complexity index is 1080. The molecule has 0 atom stereocenters. The van der Waals surface area contributed by atoms with Crippen LogP contribution < -0.4 is 15.5 Å². The van der Waals surface area contributed by atoms with E-state index >= 15 is 0 Å². The van der Waals surface area contributed by atoms with Crippen LogP contribution in [0.2, 0.25) is 0 Å². The zero-order chi connectivity index (χ0) is 24.2. The summed E-state index contributed by atoms with van der Waals surface area (Å²) in [5.74, 6) is 0.206. The van der Waals surface area contributed by atoms with Gasteiger partial charge in [0.1, 0.15) is 0 Å². The van der Waals surface area contributed by atoms with E-state index in [2.05, 4.69) is 20.5 Å². The number of pyridine rings is 1. The molecule has 0 unspecified atom stereocenters. The summed E-state index contributed by atoms with van der Waals surface area (Å²) >= 11 is 0. The molecule has 3 aliphatic rings. The van der Waals surface area contributed by atoms with E-state index in [-0.39, 0.29) is 23.6 Å². The van der Waals surface area contributed by atoms with Crippen molar-refractivity contribution in [2.45, 2.75) is 19.3 Å². The van der Waals surface area contributed by atoms with Gasteiger partial charge in [-0.15, -0.1) is 0 Å². The van der Waals surface area contributed by atoms with Crippen molar-refractivity contribution in [2.24, 2.45) is 5.92 Å². The Hall–Kier alpha value is -3.46. The SMILES string of the molecule is O=C(Nc1cc(C(=O)N2CCNCC2)ccc1N1CCCN(C(=O)C2CC2)CC1)c1ccncc1. The van der Waals surface area contributed by atoms with Crippen LogP contribution in [-0.2, 0) is 4.79 Å². The lowest BCUT2D eigenvalue weighted by molar-refractivity contribution is -0.132. The Kier molecular flexibility index (Phi) is 6.94. The molecule has 2 saturated heterocycles. The molecule has 9 heteroatoms. The standard InChI is InChI=1S/C26H32N6O3/c33-24(19-6-8-27-9-7-19)29-22-18-21(26(35)32-14-10-28-11-15-32)4-5-23(22)30-12-1-13-31(17-16-30)25(34)20-2-3-20/h4-9,18,20,28H,1-3,10-17H2,(H,29,33). The smallest absolute Gasteiger partial charge is 0.255 e. The number of carbonyl (C=O) groups is 3. The second-order valence-electron chi connectivity index (χ2n) is 9.40. The van der Waals surface area contributed by atoms with Crippen molar-refractivity contribution in [1.29, 1.82) is 0 Å². The van der Waals surface area contributed by atoms with Crippen molar-refractivity contribution in [1.82, 2.24) is 20.1 Å². The maximum absolute atomic E-state index is 13.2. The first kappa shape index (κ1) is 23.3. The van der Waals surface area contributed by atoms with Crippen LogP contribution in [0.25, 0.3) is 0 Å². The minimum atomic E-state index is -0.249. The third kappa shape index (κ3) is 5.45. The molecule has 3 heterocycles. The summed E-state index contributed by atoms with van der Waals surface area (Å²) in [7, 11) is 0. The number of anilines is 2. The monoisotopic (exact) mass is 476 g/mol. The largest absolute Gasteiger partial charge is 0.368 e. The number of nitrogens with one attached hydrogen (secondary N) is 2. The number of hydrogen-bond acceptors (Lipinski definition) is 6. The quantitative estimate of drug-likeness (QED) is 0.683. The van der Waals surface area contributed by atoms with Crippen molar-refractivity contribution in [3.63, 3.8) is 0 Å². The van der Waals surface area contributed by atoms with E-state index in [4.69, 9.17) is 0 Å². The summed E-state index contributed by atoms with van der Waals surface area (Å²) in [5, 5.41) is 6.30. The van der Waals surface area contributed by atoms with E-state index in [1.54, 1.807) is 30.6 Å².